The highest BCUT2D eigenvalue weighted by molar-refractivity contribution is 5.96. The number of aromatic amines is 1. The highest BCUT2D eigenvalue weighted by Crippen LogP contribution is 2.18. The lowest BCUT2D eigenvalue weighted by Crippen LogP contribution is -2.46. The SMILES string of the molecule is CC(C)CC(NC(=O)C1CC=CC1)C(=O)Nc1ccn[nH]1. The van der Waals surface area contributed by atoms with Crippen LogP contribution in [0.1, 0.15) is 33.1 Å². The molecule has 114 valence electrons. The van der Waals surface area contributed by atoms with Crippen LogP contribution in [0.15, 0.2) is 24.4 Å². The van der Waals surface area contributed by atoms with Crippen molar-refractivity contribution in [2.24, 2.45) is 11.8 Å². The van der Waals surface area contributed by atoms with Crippen LogP contribution in [-0.2, 0) is 9.59 Å². The third-order valence-electron chi connectivity index (χ3n) is 3.48. The van der Waals surface area contributed by atoms with Crippen LogP contribution >= 0.6 is 0 Å². The maximum absolute atomic E-state index is 12.3. The number of H-pyrrole nitrogens is 1. The van der Waals surface area contributed by atoms with Crippen LogP contribution in [0.5, 0.6) is 0 Å². The van der Waals surface area contributed by atoms with E-state index in [1.54, 1.807) is 12.3 Å². The summed E-state index contributed by atoms with van der Waals surface area (Å²) in [5, 5.41) is 12.1. The van der Waals surface area contributed by atoms with E-state index in [0.717, 1.165) is 12.8 Å². The Morgan fingerprint density at radius 1 is 1.38 bits per heavy atom. The molecule has 1 aromatic rings. The summed E-state index contributed by atoms with van der Waals surface area (Å²) in [6.07, 6.45) is 7.69. The number of aromatic nitrogens is 2. The van der Waals surface area contributed by atoms with Gasteiger partial charge in [-0.2, -0.15) is 5.10 Å². The molecule has 0 aromatic carbocycles. The zero-order valence-electron chi connectivity index (χ0n) is 12.4. The van der Waals surface area contributed by atoms with Crippen molar-refractivity contribution in [2.45, 2.75) is 39.2 Å². The number of rotatable bonds is 6. The van der Waals surface area contributed by atoms with Gasteiger partial charge in [0.1, 0.15) is 11.9 Å². The number of carbonyl (C=O) groups excluding carboxylic acids is 2. The minimum Gasteiger partial charge on any atom is -0.344 e. The molecular formula is C15H22N4O2. The normalized spacial score (nSPS) is 16.1. The molecule has 0 saturated carbocycles. The lowest BCUT2D eigenvalue weighted by atomic mass is 10.0. The van der Waals surface area contributed by atoms with Gasteiger partial charge in [-0.15, -0.1) is 0 Å². The molecule has 1 aliphatic rings. The average molecular weight is 290 g/mol. The van der Waals surface area contributed by atoms with Crippen molar-refractivity contribution in [3.63, 3.8) is 0 Å². The number of nitrogens with zero attached hydrogens (tertiary/aromatic N) is 1. The van der Waals surface area contributed by atoms with E-state index in [1.807, 2.05) is 26.0 Å². The fraction of sp³-hybridized carbons (Fsp3) is 0.533. The van der Waals surface area contributed by atoms with Gasteiger partial charge in [-0.3, -0.25) is 14.7 Å². The van der Waals surface area contributed by atoms with Gasteiger partial charge in [-0.1, -0.05) is 26.0 Å². The lowest BCUT2D eigenvalue weighted by Gasteiger charge is -2.21. The van der Waals surface area contributed by atoms with E-state index in [4.69, 9.17) is 0 Å². The quantitative estimate of drug-likeness (QED) is 0.699. The Morgan fingerprint density at radius 2 is 2.10 bits per heavy atom. The molecule has 2 amide bonds. The van der Waals surface area contributed by atoms with E-state index in [2.05, 4.69) is 20.8 Å². The minimum absolute atomic E-state index is 0.0420. The first-order valence-electron chi connectivity index (χ1n) is 7.32. The van der Waals surface area contributed by atoms with Crippen LogP contribution in [0.25, 0.3) is 0 Å². The second-order valence-electron chi connectivity index (χ2n) is 5.79. The zero-order valence-corrected chi connectivity index (χ0v) is 12.4. The smallest absolute Gasteiger partial charge is 0.248 e. The number of nitrogens with one attached hydrogen (secondary N) is 3. The van der Waals surface area contributed by atoms with Crippen molar-refractivity contribution in [1.82, 2.24) is 15.5 Å². The monoisotopic (exact) mass is 290 g/mol. The van der Waals surface area contributed by atoms with Crippen molar-refractivity contribution < 1.29 is 9.59 Å². The van der Waals surface area contributed by atoms with Gasteiger partial charge in [0, 0.05) is 12.0 Å². The summed E-state index contributed by atoms with van der Waals surface area (Å²) in [7, 11) is 0. The molecule has 6 nitrogen and oxygen atoms in total. The molecule has 3 N–H and O–H groups in total. The predicted octanol–water partition coefficient (Wildman–Crippen LogP) is 1.85. The molecule has 6 heteroatoms. The summed E-state index contributed by atoms with van der Waals surface area (Å²) in [6.45, 7) is 4.06. The van der Waals surface area contributed by atoms with Crippen LogP contribution in [0.2, 0.25) is 0 Å². The molecule has 1 aromatic heterocycles. The molecular weight excluding hydrogens is 268 g/mol. The van der Waals surface area contributed by atoms with Crippen LogP contribution < -0.4 is 10.6 Å². The summed E-state index contributed by atoms with van der Waals surface area (Å²) in [5.41, 5.74) is 0. The Bertz CT molecular complexity index is 500. The summed E-state index contributed by atoms with van der Waals surface area (Å²) >= 11 is 0. The van der Waals surface area contributed by atoms with Crippen molar-refractivity contribution in [1.29, 1.82) is 0 Å². The van der Waals surface area contributed by atoms with Crippen molar-refractivity contribution >= 4 is 17.6 Å². The molecule has 0 aliphatic heterocycles. The third kappa shape index (κ3) is 4.44. The fourth-order valence-electron chi connectivity index (χ4n) is 2.37. The molecule has 2 rings (SSSR count). The summed E-state index contributed by atoms with van der Waals surface area (Å²) in [4.78, 5) is 24.5. The van der Waals surface area contributed by atoms with Gasteiger partial charge in [-0.05, 0) is 25.2 Å². The van der Waals surface area contributed by atoms with Gasteiger partial charge in [0.15, 0.2) is 0 Å². The number of allylic oxidation sites excluding steroid dienone is 2. The minimum atomic E-state index is -0.526. The second kappa shape index (κ2) is 7.06. The van der Waals surface area contributed by atoms with Gasteiger partial charge in [-0.25, -0.2) is 0 Å². The summed E-state index contributed by atoms with van der Waals surface area (Å²) in [5.74, 6) is 0.535. The molecule has 1 unspecified atom stereocenters. The molecule has 0 saturated heterocycles. The zero-order chi connectivity index (χ0) is 15.2. The number of hydrogen-bond acceptors (Lipinski definition) is 3. The average Bonchev–Trinajstić information content (AvgIpc) is 3.10. The van der Waals surface area contributed by atoms with Crippen molar-refractivity contribution in [3.8, 4) is 0 Å². The van der Waals surface area contributed by atoms with Crippen LogP contribution in [0.3, 0.4) is 0 Å². The molecule has 0 bridgehead atoms. The van der Waals surface area contributed by atoms with Gasteiger partial charge in [0.05, 0.1) is 6.20 Å². The second-order valence-corrected chi connectivity index (χ2v) is 5.79. The summed E-state index contributed by atoms with van der Waals surface area (Å²) in [6, 6.07) is 1.15. The van der Waals surface area contributed by atoms with Gasteiger partial charge in [0.2, 0.25) is 11.8 Å². The van der Waals surface area contributed by atoms with E-state index in [-0.39, 0.29) is 17.7 Å². The maximum Gasteiger partial charge on any atom is 0.248 e. The highest BCUT2D eigenvalue weighted by atomic mass is 16.2. The fourth-order valence-corrected chi connectivity index (χ4v) is 2.37. The van der Waals surface area contributed by atoms with Gasteiger partial charge in [0.25, 0.3) is 0 Å². The first-order valence-corrected chi connectivity index (χ1v) is 7.32. The van der Waals surface area contributed by atoms with Crippen LogP contribution in [-0.4, -0.2) is 28.1 Å². The number of amides is 2. The van der Waals surface area contributed by atoms with Gasteiger partial charge < -0.3 is 10.6 Å². The molecule has 21 heavy (non-hydrogen) atoms. The maximum atomic E-state index is 12.3. The van der Waals surface area contributed by atoms with E-state index in [0.29, 0.717) is 18.2 Å². The van der Waals surface area contributed by atoms with E-state index in [9.17, 15) is 9.59 Å². The molecule has 0 spiro atoms. The molecule has 1 atom stereocenters. The molecule has 1 aliphatic carbocycles. The molecule has 1 heterocycles. The Hall–Kier alpha value is -2.11. The number of hydrogen-bond donors (Lipinski definition) is 3. The molecule has 0 radical (unpaired) electrons. The lowest BCUT2D eigenvalue weighted by molar-refractivity contribution is -0.129. The Labute approximate surface area is 124 Å². The van der Waals surface area contributed by atoms with Crippen molar-refractivity contribution in [3.05, 3.63) is 24.4 Å². The van der Waals surface area contributed by atoms with Crippen molar-refractivity contribution in [2.75, 3.05) is 5.32 Å². The first kappa shape index (κ1) is 15.3. The topological polar surface area (TPSA) is 86.9 Å². The standard InChI is InChI=1S/C15H22N4O2/c1-10(2)9-12(15(21)18-13-7-8-16-19-13)17-14(20)11-5-3-4-6-11/h3-4,7-8,10-12H,5-6,9H2,1-2H3,(H,17,20)(H2,16,18,19,21). The number of anilines is 1. The van der Waals surface area contributed by atoms with E-state index < -0.39 is 6.04 Å². The Balaban J connectivity index is 1.96. The van der Waals surface area contributed by atoms with Crippen LogP contribution in [0.4, 0.5) is 5.82 Å². The third-order valence-corrected chi connectivity index (χ3v) is 3.48. The highest BCUT2D eigenvalue weighted by Gasteiger charge is 2.26. The largest absolute Gasteiger partial charge is 0.344 e. The van der Waals surface area contributed by atoms with Crippen LogP contribution in [0, 0.1) is 11.8 Å². The van der Waals surface area contributed by atoms with Gasteiger partial charge >= 0.3 is 0 Å². The summed E-state index contributed by atoms with van der Waals surface area (Å²) < 4.78 is 0. The van der Waals surface area contributed by atoms with E-state index in [1.165, 1.54) is 0 Å². The Kier molecular flexibility index (Phi) is 5.14. The number of carbonyl (C=O) groups is 2. The predicted molar refractivity (Wildman–Crippen MR) is 80.5 cm³/mol. The van der Waals surface area contributed by atoms with E-state index >= 15 is 0 Å². The Morgan fingerprint density at radius 3 is 2.67 bits per heavy atom. The molecule has 0 fully saturated rings. The first-order chi connectivity index (χ1) is 10.1.